The van der Waals surface area contributed by atoms with Gasteiger partial charge in [0.05, 0.1) is 16.8 Å². The predicted octanol–water partition coefficient (Wildman–Crippen LogP) is 5.01. The molecule has 3 heterocycles. The molecule has 136 valence electrons. The van der Waals surface area contributed by atoms with Crippen molar-refractivity contribution in [1.29, 1.82) is 0 Å². The Kier molecular flexibility index (Phi) is 4.28. The molecule has 0 fully saturated rings. The third kappa shape index (κ3) is 3.48. The molecule has 0 atom stereocenters. The number of amides is 1. The molecule has 0 aliphatic heterocycles. The summed E-state index contributed by atoms with van der Waals surface area (Å²) in [6, 6.07) is 15.4. The van der Waals surface area contributed by atoms with Gasteiger partial charge in [-0.1, -0.05) is 39.0 Å². The number of aromatic nitrogens is 3. The van der Waals surface area contributed by atoms with Crippen molar-refractivity contribution in [2.24, 2.45) is 0 Å². The Bertz CT molecular complexity index is 1090. The van der Waals surface area contributed by atoms with Crippen LogP contribution in [0.1, 0.15) is 36.7 Å². The van der Waals surface area contributed by atoms with E-state index in [0.29, 0.717) is 17.0 Å². The third-order valence-corrected chi connectivity index (χ3v) is 5.28. The first-order chi connectivity index (χ1) is 12.9. The summed E-state index contributed by atoms with van der Waals surface area (Å²) < 4.78 is 1.78. The topological polar surface area (TPSA) is 59.3 Å². The van der Waals surface area contributed by atoms with E-state index in [-0.39, 0.29) is 11.3 Å². The van der Waals surface area contributed by atoms with Crippen LogP contribution in [0.5, 0.6) is 0 Å². The maximum atomic E-state index is 12.7. The highest BCUT2D eigenvalue weighted by Gasteiger charge is 2.15. The van der Waals surface area contributed by atoms with Crippen LogP contribution in [-0.2, 0) is 5.41 Å². The zero-order chi connectivity index (χ0) is 19.0. The van der Waals surface area contributed by atoms with E-state index in [9.17, 15) is 4.79 Å². The first kappa shape index (κ1) is 17.4. The number of hydrogen-bond acceptors (Lipinski definition) is 4. The fourth-order valence-corrected chi connectivity index (χ4v) is 3.61. The van der Waals surface area contributed by atoms with Crippen LogP contribution >= 0.6 is 11.3 Å². The summed E-state index contributed by atoms with van der Waals surface area (Å²) in [5.41, 5.74) is 3.45. The van der Waals surface area contributed by atoms with E-state index in [1.54, 1.807) is 22.0 Å². The van der Waals surface area contributed by atoms with Crippen LogP contribution in [0.4, 0.5) is 5.82 Å². The van der Waals surface area contributed by atoms with Crippen molar-refractivity contribution in [3.05, 3.63) is 71.2 Å². The zero-order valence-corrected chi connectivity index (χ0v) is 16.2. The number of thiophene rings is 1. The number of benzene rings is 1. The second kappa shape index (κ2) is 6.63. The van der Waals surface area contributed by atoms with Crippen molar-refractivity contribution in [3.8, 4) is 10.6 Å². The Labute approximate surface area is 161 Å². The molecule has 6 heteroatoms. The van der Waals surface area contributed by atoms with Gasteiger partial charge in [-0.15, -0.1) is 11.3 Å². The highest BCUT2D eigenvalue weighted by atomic mass is 32.1. The predicted molar refractivity (Wildman–Crippen MR) is 109 cm³/mol. The Morgan fingerprint density at radius 2 is 1.89 bits per heavy atom. The van der Waals surface area contributed by atoms with Crippen molar-refractivity contribution >= 4 is 28.7 Å². The van der Waals surface area contributed by atoms with Gasteiger partial charge >= 0.3 is 0 Å². The standard InChI is InChI=1S/C21H20N4OS/c1-21(2,3)15-8-6-14(7-9-15)20(26)24-18-13-16(17-5-4-12-27-17)25-19(23-18)10-11-22-25/h4-13H,1-3H3,(H,23,24,26). The molecule has 0 radical (unpaired) electrons. The molecule has 5 nitrogen and oxygen atoms in total. The lowest BCUT2D eigenvalue weighted by molar-refractivity contribution is 0.102. The van der Waals surface area contributed by atoms with Crippen molar-refractivity contribution in [1.82, 2.24) is 14.6 Å². The highest BCUT2D eigenvalue weighted by molar-refractivity contribution is 7.13. The molecule has 0 aliphatic carbocycles. The lowest BCUT2D eigenvalue weighted by atomic mass is 9.87. The Morgan fingerprint density at radius 3 is 2.56 bits per heavy atom. The molecule has 0 spiro atoms. The molecule has 0 unspecified atom stereocenters. The first-order valence-corrected chi connectivity index (χ1v) is 9.60. The molecule has 4 rings (SSSR count). The van der Waals surface area contributed by atoms with Crippen molar-refractivity contribution < 1.29 is 4.79 Å². The van der Waals surface area contributed by atoms with E-state index in [4.69, 9.17) is 0 Å². The van der Waals surface area contributed by atoms with E-state index in [1.807, 2.05) is 53.9 Å². The van der Waals surface area contributed by atoms with E-state index in [2.05, 4.69) is 36.2 Å². The first-order valence-electron chi connectivity index (χ1n) is 8.72. The number of hydrogen-bond donors (Lipinski definition) is 1. The minimum Gasteiger partial charge on any atom is -0.306 e. The molecule has 1 amide bonds. The number of fused-ring (bicyclic) bond motifs is 1. The number of carbonyl (C=O) groups is 1. The highest BCUT2D eigenvalue weighted by Crippen LogP contribution is 2.27. The molecule has 0 saturated carbocycles. The summed E-state index contributed by atoms with van der Waals surface area (Å²) >= 11 is 1.62. The smallest absolute Gasteiger partial charge is 0.256 e. The second-order valence-electron chi connectivity index (χ2n) is 7.39. The second-order valence-corrected chi connectivity index (χ2v) is 8.33. The molecule has 27 heavy (non-hydrogen) atoms. The minimum atomic E-state index is -0.177. The van der Waals surface area contributed by atoms with Crippen LogP contribution in [0.2, 0.25) is 0 Å². The molecule has 1 aromatic carbocycles. The number of nitrogens with zero attached hydrogens (tertiary/aromatic N) is 3. The fraction of sp³-hybridized carbons (Fsp3) is 0.190. The normalized spacial score (nSPS) is 11.7. The van der Waals surface area contributed by atoms with E-state index < -0.39 is 0 Å². The van der Waals surface area contributed by atoms with Gasteiger partial charge in [0.15, 0.2) is 5.65 Å². The van der Waals surface area contributed by atoms with Gasteiger partial charge in [-0.2, -0.15) is 5.10 Å². The van der Waals surface area contributed by atoms with Crippen LogP contribution in [-0.4, -0.2) is 20.5 Å². The van der Waals surface area contributed by atoms with Crippen molar-refractivity contribution in [3.63, 3.8) is 0 Å². The number of nitrogens with one attached hydrogen (secondary N) is 1. The lowest BCUT2D eigenvalue weighted by Gasteiger charge is -2.19. The summed E-state index contributed by atoms with van der Waals surface area (Å²) in [7, 11) is 0. The molecular formula is C21H20N4OS. The molecular weight excluding hydrogens is 356 g/mol. The fourth-order valence-electron chi connectivity index (χ4n) is 2.89. The van der Waals surface area contributed by atoms with Crippen molar-refractivity contribution in [2.75, 3.05) is 5.32 Å². The largest absolute Gasteiger partial charge is 0.306 e. The molecule has 3 aromatic heterocycles. The summed E-state index contributed by atoms with van der Waals surface area (Å²) in [6.07, 6.45) is 1.70. The molecule has 1 N–H and O–H groups in total. The SMILES string of the molecule is CC(C)(C)c1ccc(C(=O)Nc2cc(-c3cccs3)n3nccc3n2)cc1. The summed E-state index contributed by atoms with van der Waals surface area (Å²) in [5.74, 6) is 0.334. The Hall–Kier alpha value is -2.99. The molecule has 0 bridgehead atoms. The lowest BCUT2D eigenvalue weighted by Crippen LogP contribution is -2.15. The summed E-state index contributed by atoms with van der Waals surface area (Å²) in [5, 5.41) is 9.26. The number of carbonyl (C=O) groups excluding carboxylic acids is 1. The molecule has 4 aromatic rings. The minimum absolute atomic E-state index is 0.0548. The maximum Gasteiger partial charge on any atom is 0.256 e. The quantitative estimate of drug-likeness (QED) is 0.547. The number of anilines is 1. The van der Waals surface area contributed by atoms with Gasteiger partial charge in [0.1, 0.15) is 5.82 Å². The maximum absolute atomic E-state index is 12.7. The molecule has 0 saturated heterocycles. The van der Waals surface area contributed by atoms with Gasteiger partial charge in [-0.3, -0.25) is 4.79 Å². The molecule has 0 aliphatic rings. The summed E-state index contributed by atoms with van der Waals surface area (Å²) in [6.45, 7) is 6.46. The third-order valence-electron chi connectivity index (χ3n) is 4.39. The van der Waals surface area contributed by atoms with Gasteiger partial charge < -0.3 is 5.32 Å². The summed E-state index contributed by atoms with van der Waals surface area (Å²) in [4.78, 5) is 18.2. The van der Waals surface area contributed by atoms with Gasteiger partial charge in [0.2, 0.25) is 0 Å². The van der Waals surface area contributed by atoms with Crippen molar-refractivity contribution in [2.45, 2.75) is 26.2 Å². The van der Waals surface area contributed by atoms with E-state index >= 15 is 0 Å². The van der Waals surface area contributed by atoms with Gasteiger partial charge in [-0.25, -0.2) is 9.50 Å². The monoisotopic (exact) mass is 376 g/mol. The van der Waals surface area contributed by atoms with Gasteiger partial charge in [-0.05, 0) is 34.6 Å². The van der Waals surface area contributed by atoms with Crippen LogP contribution in [0.15, 0.2) is 60.1 Å². The Morgan fingerprint density at radius 1 is 1.11 bits per heavy atom. The number of rotatable bonds is 3. The van der Waals surface area contributed by atoms with Gasteiger partial charge in [0, 0.05) is 17.7 Å². The van der Waals surface area contributed by atoms with Crippen LogP contribution in [0.25, 0.3) is 16.2 Å². The van der Waals surface area contributed by atoms with Crippen LogP contribution in [0, 0.1) is 0 Å². The van der Waals surface area contributed by atoms with Gasteiger partial charge in [0.25, 0.3) is 5.91 Å². The van der Waals surface area contributed by atoms with Crippen LogP contribution < -0.4 is 5.32 Å². The van der Waals surface area contributed by atoms with Crippen LogP contribution in [0.3, 0.4) is 0 Å². The average molecular weight is 376 g/mol. The van der Waals surface area contributed by atoms with E-state index in [0.717, 1.165) is 10.6 Å². The average Bonchev–Trinajstić information content (AvgIpc) is 3.32. The zero-order valence-electron chi connectivity index (χ0n) is 15.4. The Balaban J connectivity index is 1.64. The van der Waals surface area contributed by atoms with E-state index in [1.165, 1.54) is 5.56 Å².